The van der Waals surface area contributed by atoms with Gasteiger partial charge in [-0.25, -0.2) is 14.3 Å². The number of hydrogen-bond acceptors (Lipinski definition) is 6. The molecule has 0 aromatic carbocycles. The van der Waals surface area contributed by atoms with Crippen LogP contribution in [-0.4, -0.2) is 36.5 Å². The van der Waals surface area contributed by atoms with Crippen molar-refractivity contribution in [1.29, 1.82) is 0 Å². The molecule has 1 amide bonds. The minimum atomic E-state index is -0.229. The molecule has 10 heteroatoms. The lowest BCUT2D eigenvalue weighted by Gasteiger charge is -2.29. The van der Waals surface area contributed by atoms with E-state index < -0.39 is 0 Å². The van der Waals surface area contributed by atoms with Crippen LogP contribution in [0.1, 0.15) is 42.3 Å². The lowest BCUT2D eigenvalue weighted by Crippen LogP contribution is -2.39. The van der Waals surface area contributed by atoms with Crippen LogP contribution >= 0.6 is 15.9 Å². The van der Waals surface area contributed by atoms with E-state index in [-0.39, 0.29) is 29.3 Å². The molecule has 1 aliphatic carbocycles. The van der Waals surface area contributed by atoms with Crippen molar-refractivity contribution in [3.8, 4) is 5.82 Å². The summed E-state index contributed by atoms with van der Waals surface area (Å²) in [4.78, 5) is 28.4. The maximum Gasteiger partial charge on any atom is 0.287 e. The molecule has 4 rings (SSSR count). The fourth-order valence-corrected chi connectivity index (χ4v) is 3.59. The van der Waals surface area contributed by atoms with Gasteiger partial charge >= 0.3 is 0 Å². The zero-order valence-electron chi connectivity index (χ0n) is 14.3. The molecule has 0 saturated heterocycles. The topological polar surface area (TPSA) is 108 Å². The summed E-state index contributed by atoms with van der Waals surface area (Å²) < 4.78 is 8.83. The summed E-state index contributed by atoms with van der Waals surface area (Å²) in [6.07, 6.45) is 5.99. The zero-order chi connectivity index (χ0) is 18.8. The quantitative estimate of drug-likeness (QED) is 0.675. The highest BCUT2D eigenvalue weighted by Gasteiger charge is 2.26. The van der Waals surface area contributed by atoms with E-state index in [0.717, 1.165) is 25.7 Å². The van der Waals surface area contributed by atoms with Gasteiger partial charge in [0.1, 0.15) is 12.7 Å². The SMILES string of the molecule is O=C(NC1CCC(n2nc(-n3cncn3)ccc2=O)CC1)c1ccc(Br)o1. The van der Waals surface area contributed by atoms with E-state index in [2.05, 4.69) is 36.4 Å². The average molecular weight is 433 g/mol. The average Bonchev–Trinajstić information content (AvgIpc) is 3.35. The Morgan fingerprint density at radius 3 is 2.67 bits per heavy atom. The Labute approximate surface area is 162 Å². The zero-order valence-corrected chi connectivity index (χ0v) is 15.9. The van der Waals surface area contributed by atoms with Gasteiger partial charge in [-0.2, -0.15) is 5.10 Å². The van der Waals surface area contributed by atoms with E-state index >= 15 is 0 Å². The van der Waals surface area contributed by atoms with Crippen molar-refractivity contribution in [2.45, 2.75) is 37.8 Å². The molecule has 0 atom stereocenters. The Kier molecular flexibility index (Phi) is 4.88. The summed E-state index contributed by atoms with van der Waals surface area (Å²) in [5.74, 6) is 0.598. The Bertz CT molecular complexity index is 988. The van der Waals surface area contributed by atoms with Crippen molar-refractivity contribution < 1.29 is 9.21 Å². The predicted octanol–water partition coefficient (Wildman–Crippen LogP) is 2.09. The maximum atomic E-state index is 12.3. The predicted molar refractivity (Wildman–Crippen MR) is 98.6 cm³/mol. The van der Waals surface area contributed by atoms with Gasteiger partial charge < -0.3 is 9.73 Å². The van der Waals surface area contributed by atoms with Gasteiger partial charge in [0, 0.05) is 12.1 Å². The van der Waals surface area contributed by atoms with Crippen molar-refractivity contribution in [3.63, 3.8) is 0 Å². The number of furan rings is 1. The Balaban J connectivity index is 1.41. The summed E-state index contributed by atoms with van der Waals surface area (Å²) in [6, 6.07) is 6.47. The molecule has 0 radical (unpaired) electrons. The van der Waals surface area contributed by atoms with Gasteiger partial charge in [0.15, 0.2) is 16.2 Å². The van der Waals surface area contributed by atoms with E-state index in [4.69, 9.17) is 4.42 Å². The van der Waals surface area contributed by atoms with Crippen molar-refractivity contribution >= 4 is 21.8 Å². The summed E-state index contributed by atoms with van der Waals surface area (Å²) >= 11 is 3.19. The Hall–Kier alpha value is -2.75. The fraction of sp³-hybridized carbons (Fsp3) is 0.353. The molecule has 3 heterocycles. The molecule has 0 bridgehead atoms. The summed E-state index contributed by atoms with van der Waals surface area (Å²) in [5, 5.41) is 11.5. The van der Waals surface area contributed by atoms with Gasteiger partial charge in [0.2, 0.25) is 0 Å². The molecule has 0 aliphatic heterocycles. The number of aromatic nitrogens is 5. The van der Waals surface area contributed by atoms with Crippen LogP contribution in [0.3, 0.4) is 0 Å². The molecule has 1 saturated carbocycles. The van der Waals surface area contributed by atoms with Crippen molar-refractivity contribution in [3.05, 3.63) is 57.7 Å². The first kappa shape index (κ1) is 17.7. The van der Waals surface area contributed by atoms with Crippen LogP contribution in [0, 0.1) is 0 Å². The van der Waals surface area contributed by atoms with Gasteiger partial charge in [-0.05, 0) is 59.8 Å². The molecule has 140 valence electrons. The van der Waals surface area contributed by atoms with E-state index in [0.29, 0.717) is 10.5 Å². The second-order valence-electron chi connectivity index (χ2n) is 6.40. The molecule has 0 spiro atoms. The highest BCUT2D eigenvalue weighted by Crippen LogP contribution is 2.27. The second kappa shape index (κ2) is 7.47. The molecule has 0 unspecified atom stereocenters. The largest absolute Gasteiger partial charge is 0.444 e. The van der Waals surface area contributed by atoms with Crippen LogP contribution in [0.4, 0.5) is 0 Å². The van der Waals surface area contributed by atoms with Crippen LogP contribution < -0.4 is 10.9 Å². The van der Waals surface area contributed by atoms with Crippen LogP contribution in [0.5, 0.6) is 0 Å². The van der Waals surface area contributed by atoms with Crippen molar-refractivity contribution in [2.24, 2.45) is 0 Å². The lowest BCUT2D eigenvalue weighted by atomic mass is 9.91. The number of rotatable bonds is 4. The first-order chi connectivity index (χ1) is 13.1. The van der Waals surface area contributed by atoms with E-state index in [9.17, 15) is 9.59 Å². The molecular formula is C17H17BrN6O3. The van der Waals surface area contributed by atoms with Gasteiger partial charge in [-0.1, -0.05) is 0 Å². The minimum absolute atomic E-state index is 0.00752. The molecular weight excluding hydrogens is 416 g/mol. The second-order valence-corrected chi connectivity index (χ2v) is 7.18. The third-order valence-electron chi connectivity index (χ3n) is 4.64. The third kappa shape index (κ3) is 3.85. The van der Waals surface area contributed by atoms with Crippen LogP contribution in [0.25, 0.3) is 5.82 Å². The number of carbonyl (C=O) groups excluding carboxylic acids is 1. The fourth-order valence-electron chi connectivity index (χ4n) is 3.28. The van der Waals surface area contributed by atoms with Gasteiger partial charge in [0.05, 0.1) is 6.04 Å². The van der Waals surface area contributed by atoms with Crippen molar-refractivity contribution in [1.82, 2.24) is 29.9 Å². The molecule has 1 N–H and O–H groups in total. The monoisotopic (exact) mass is 432 g/mol. The van der Waals surface area contributed by atoms with Crippen LogP contribution in [-0.2, 0) is 0 Å². The highest BCUT2D eigenvalue weighted by atomic mass is 79.9. The number of carbonyl (C=O) groups is 1. The minimum Gasteiger partial charge on any atom is -0.444 e. The number of hydrogen-bond donors (Lipinski definition) is 1. The van der Waals surface area contributed by atoms with Crippen molar-refractivity contribution in [2.75, 3.05) is 0 Å². The summed E-state index contributed by atoms with van der Waals surface area (Å²) in [5.41, 5.74) is -0.146. The van der Waals surface area contributed by atoms with Gasteiger partial charge in [-0.3, -0.25) is 9.59 Å². The van der Waals surface area contributed by atoms with Crippen LogP contribution in [0.15, 0.2) is 50.8 Å². The van der Waals surface area contributed by atoms with Gasteiger partial charge in [0.25, 0.3) is 11.5 Å². The highest BCUT2D eigenvalue weighted by molar-refractivity contribution is 9.10. The number of amides is 1. The number of nitrogens with zero attached hydrogens (tertiary/aromatic N) is 5. The Morgan fingerprint density at radius 2 is 2.00 bits per heavy atom. The molecule has 1 fully saturated rings. The Morgan fingerprint density at radius 1 is 1.19 bits per heavy atom. The first-order valence-electron chi connectivity index (χ1n) is 8.61. The summed E-state index contributed by atoms with van der Waals surface area (Å²) in [7, 11) is 0. The molecule has 1 aliphatic rings. The molecule has 3 aromatic rings. The molecule has 9 nitrogen and oxygen atoms in total. The first-order valence-corrected chi connectivity index (χ1v) is 9.40. The third-order valence-corrected chi connectivity index (χ3v) is 5.07. The summed E-state index contributed by atoms with van der Waals surface area (Å²) in [6.45, 7) is 0. The van der Waals surface area contributed by atoms with Crippen LogP contribution in [0.2, 0.25) is 0 Å². The molecule has 3 aromatic heterocycles. The number of halogens is 1. The van der Waals surface area contributed by atoms with Gasteiger partial charge in [-0.15, -0.1) is 5.10 Å². The lowest BCUT2D eigenvalue weighted by molar-refractivity contribution is 0.0892. The normalized spacial score (nSPS) is 19.7. The standard InChI is InChI=1S/C17H17BrN6O3/c18-14-6-5-13(27-14)17(26)21-11-1-3-12(4-2-11)24-16(25)8-7-15(22-24)23-10-19-9-20-23/h5-12H,1-4H2,(H,21,26). The van der Waals surface area contributed by atoms with E-state index in [1.165, 1.54) is 28.1 Å². The maximum absolute atomic E-state index is 12.3. The number of nitrogens with one attached hydrogen (secondary N) is 1. The molecule has 27 heavy (non-hydrogen) atoms. The smallest absolute Gasteiger partial charge is 0.287 e. The van der Waals surface area contributed by atoms with E-state index in [1.54, 1.807) is 18.2 Å². The van der Waals surface area contributed by atoms with E-state index in [1.807, 2.05) is 0 Å².